The number of aromatic nitrogens is 1. The van der Waals surface area contributed by atoms with Gasteiger partial charge in [-0.25, -0.2) is 9.18 Å². The van der Waals surface area contributed by atoms with Crippen molar-refractivity contribution < 1.29 is 23.4 Å². The molecule has 5 nitrogen and oxygen atoms in total. The van der Waals surface area contributed by atoms with Gasteiger partial charge in [0.2, 0.25) is 11.2 Å². The first-order chi connectivity index (χ1) is 9.95. The van der Waals surface area contributed by atoms with E-state index in [1.807, 2.05) is 0 Å². The van der Waals surface area contributed by atoms with Gasteiger partial charge in [-0.1, -0.05) is 0 Å². The van der Waals surface area contributed by atoms with Gasteiger partial charge in [-0.15, -0.1) is 0 Å². The third kappa shape index (κ3) is 2.24. The van der Waals surface area contributed by atoms with E-state index in [2.05, 4.69) is 0 Å². The number of aromatic carboxylic acids is 1. The highest BCUT2D eigenvalue weighted by Crippen LogP contribution is 2.40. The van der Waals surface area contributed by atoms with Crippen LogP contribution in [0.2, 0.25) is 0 Å². The summed E-state index contributed by atoms with van der Waals surface area (Å²) in [6.45, 7) is 0. The molecular formula is C14H13BF2NO4. The van der Waals surface area contributed by atoms with Gasteiger partial charge in [-0.2, -0.15) is 4.39 Å². The molecule has 0 unspecified atom stereocenters. The molecule has 8 heteroatoms. The number of methoxy groups -OCH3 is 1. The number of carboxylic acids is 1. The summed E-state index contributed by atoms with van der Waals surface area (Å²) in [7, 11) is 1.17. The fourth-order valence-electron chi connectivity index (χ4n) is 2.41. The molecule has 0 saturated heterocycles. The number of carboxylic acid groups (broad SMARTS) is 1. The van der Waals surface area contributed by atoms with Gasteiger partial charge in [0.15, 0.2) is 11.6 Å². The molecule has 0 aliphatic heterocycles. The lowest BCUT2D eigenvalue weighted by molar-refractivity contribution is 0.0695. The molecule has 1 aromatic heterocycles. The maximum absolute atomic E-state index is 13.9. The fraction of sp³-hybridized carbons (Fsp3) is 0.286. The van der Waals surface area contributed by atoms with E-state index in [9.17, 15) is 18.4 Å². The minimum absolute atomic E-state index is 0. The van der Waals surface area contributed by atoms with Crippen LogP contribution in [0.1, 0.15) is 29.2 Å². The van der Waals surface area contributed by atoms with Crippen LogP contribution in [-0.4, -0.2) is 31.2 Å². The van der Waals surface area contributed by atoms with Crippen LogP contribution in [0.4, 0.5) is 8.78 Å². The van der Waals surface area contributed by atoms with Gasteiger partial charge in [-0.3, -0.25) is 4.79 Å². The van der Waals surface area contributed by atoms with Gasteiger partial charge in [-0.05, 0) is 18.9 Å². The van der Waals surface area contributed by atoms with Crippen LogP contribution in [0.15, 0.2) is 17.1 Å². The van der Waals surface area contributed by atoms with Crippen LogP contribution in [0.5, 0.6) is 5.75 Å². The van der Waals surface area contributed by atoms with Crippen molar-refractivity contribution in [3.8, 4) is 5.75 Å². The van der Waals surface area contributed by atoms with Crippen molar-refractivity contribution in [2.45, 2.75) is 18.9 Å². The van der Waals surface area contributed by atoms with Crippen molar-refractivity contribution in [3.05, 3.63) is 39.7 Å². The molecule has 1 aliphatic rings. The van der Waals surface area contributed by atoms with E-state index in [-0.39, 0.29) is 31.1 Å². The van der Waals surface area contributed by atoms with Gasteiger partial charge < -0.3 is 14.4 Å². The lowest BCUT2D eigenvalue weighted by atomic mass is 10.1. The van der Waals surface area contributed by atoms with Crippen LogP contribution >= 0.6 is 0 Å². The summed E-state index contributed by atoms with van der Waals surface area (Å²) in [6, 6.07) is 0.686. The normalized spacial score (nSPS) is 13.8. The molecule has 1 heterocycles. The maximum atomic E-state index is 13.9. The van der Waals surface area contributed by atoms with Gasteiger partial charge in [0, 0.05) is 12.2 Å². The van der Waals surface area contributed by atoms with Crippen molar-refractivity contribution in [3.63, 3.8) is 0 Å². The zero-order chi connectivity index (χ0) is 15.3. The highest BCUT2D eigenvalue weighted by atomic mass is 19.2. The zero-order valence-corrected chi connectivity index (χ0v) is 12.0. The molecule has 1 aliphatic carbocycles. The summed E-state index contributed by atoms with van der Waals surface area (Å²) >= 11 is 0. The Labute approximate surface area is 125 Å². The molecule has 1 saturated carbocycles. The number of ether oxygens (including phenoxy) is 1. The molecule has 1 aromatic carbocycles. The van der Waals surface area contributed by atoms with Crippen LogP contribution in [0, 0.1) is 11.6 Å². The largest absolute Gasteiger partial charge is 0.491 e. The van der Waals surface area contributed by atoms with Gasteiger partial charge in [0.1, 0.15) is 5.56 Å². The summed E-state index contributed by atoms with van der Waals surface area (Å²) in [5.41, 5.74) is -1.23. The smallest absolute Gasteiger partial charge is 0.341 e. The summed E-state index contributed by atoms with van der Waals surface area (Å²) in [4.78, 5) is 23.3. The first-order valence-corrected chi connectivity index (χ1v) is 6.29. The molecule has 1 N–H and O–H groups in total. The van der Waals surface area contributed by atoms with Crippen molar-refractivity contribution in [2.24, 2.45) is 0 Å². The van der Waals surface area contributed by atoms with Crippen molar-refractivity contribution in [1.82, 2.24) is 4.57 Å². The topological polar surface area (TPSA) is 68.5 Å². The number of pyridine rings is 1. The van der Waals surface area contributed by atoms with E-state index >= 15 is 0 Å². The molecule has 115 valence electrons. The van der Waals surface area contributed by atoms with E-state index in [1.54, 1.807) is 0 Å². The average Bonchev–Trinajstić information content (AvgIpc) is 3.26. The highest BCUT2D eigenvalue weighted by Gasteiger charge is 2.30. The Balaban J connectivity index is 0.00000176. The highest BCUT2D eigenvalue weighted by molar-refractivity contribution is 5.94. The second-order valence-corrected chi connectivity index (χ2v) is 4.92. The van der Waals surface area contributed by atoms with E-state index in [0.29, 0.717) is 0 Å². The molecule has 22 heavy (non-hydrogen) atoms. The van der Waals surface area contributed by atoms with Crippen molar-refractivity contribution >= 4 is 25.3 Å². The van der Waals surface area contributed by atoms with Gasteiger partial charge in [0.25, 0.3) is 0 Å². The SMILES string of the molecule is COc1c(F)c(F)cc2c(=O)c(C(=O)O)cn(C3CC3)c12.[BH2]. The molecule has 1 radical (unpaired) electrons. The molecule has 2 aromatic rings. The summed E-state index contributed by atoms with van der Waals surface area (Å²) in [5.74, 6) is -4.23. The minimum Gasteiger partial charge on any atom is -0.491 e. The van der Waals surface area contributed by atoms with E-state index < -0.39 is 28.6 Å². The maximum Gasteiger partial charge on any atom is 0.341 e. The number of nitrogens with zero attached hydrogens (tertiary/aromatic N) is 1. The minimum atomic E-state index is -1.40. The standard InChI is InChI=1S/C14H11F2NO4.BH2/c1-21-13-10(16)9(15)4-7-11(13)17(6-2-3-6)5-8(12(7)18)14(19)20;/h4-6H,2-3H2,1H3,(H,19,20);1H2. The first-order valence-electron chi connectivity index (χ1n) is 6.29. The second kappa shape index (κ2) is 5.44. The van der Waals surface area contributed by atoms with Crippen molar-refractivity contribution in [2.75, 3.05) is 7.11 Å². The predicted octanol–water partition coefficient (Wildman–Crippen LogP) is 1.41. The lowest BCUT2D eigenvalue weighted by Gasteiger charge is -2.15. The van der Waals surface area contributed by atoms with E-state index in [1.165, 1.54) is 17.9 Å². The Hall–Kier alpha value is -2.38. The third-order valence-electron chi connectivity index (χ3n) is 3.54. The van der Waals surface area contributed by atoms with Crippen molar-refractivity contribution in [1.29, 1.82) is 0 Å². The number of hydrogen-bond acceptors (Lipinski definition) is 3. The quantitative estimate of drug-likeness (QED) is 0.871. The first kappa shape index (κ1) is 16.0. The van der Waals surface area contributed by atoms with Gasteiger partial charge >= 0.3 is 5.97 Å². The van der Waals surface area contributed by atoms with E-state index in [0.717, 1.165) is 18.9 Å². The summed E-state index contributed by atoms with van der Waals surface area (Å²) in [6.07, 6.45) is 2.73. The number of halogens is 2. The lowest BCUT2D eigenvalue weighted by Crippen LogP contribution is -2.19. The Morgan fingerprint density at radius 1 is 1.41 bits per heavy atom. The number of benzene rings is 1. The van der Waals surface area contributed by atoms with Crippen LogP contribution in [-0.2, 0) is 0 Å². The number of hydrogen-bond donors (Lipinski definition) is 1. The second-order valence-electron chi connectivity index (χ2n) is 4.92. The summed E-state index contributed by atoms with van der Waals surface area (Å²) < 4.78 is 33.8. The van der Waals surface area contributed by atoms with Crippen LogP contribution in [0.3, 0.4) is 0 Å². The fourth-order valence-corrected chi connectivity index (χ4v) is 2.41. The number of rotatable bonds is 3. The predicted molar refractivity (Wildman–Crippen MR) is 78.5 cm³/mol. The molecular weight excluding hydrogens is 295 g/mol. The van der Waals surface area contributed by atoms with Crippen LogP contribution < -0.4 is 10.2 Å². The monoisotopic (exact) mass is 308 g/mol. The Morgan fingerprint density at radius 3 is 2.55 bits per heavy atom. The molecule has 0 amide bonds. The van der Waals surface area contributed by atoms with Crippen LogP contribution in [0.25, 0.3) is 10.9 Å². The number of fused-ring (bicyclic) bond motifs is 1. The zero-order valence-electron chi connectivity index (χ0n) is 12.0. The molecule has 0 bridgehead atoms. The average molecular weight is 308 g/mol. The third-order valence-corrected chi connectivity index (χ3v) is 3.54. The van der Waals surface area contributed by atoms with Gasteiger partial charge in [0.05, 0.1) is 26.4 Å². The Morgan fingerprint density at radius 2 is 2.05 bits per heavy atom. The Kier molecular flexibility index (Phi) is 3.95. The van der Waals surface area contributed by atoms with E-state index in [4.69, 9.17) is 9.84 Å². The molecule has 0 spiro atoms. The Bertz CT molecular complexity index is 830. The molecule has 3 rings (SSSR count). The molecule has 0 atom stereocenters. The summed E-state index contributed by atoms with van der Waals surface area (Å²) in [5, 5.41) is 8.89. The molecule has 1 fully saturated rings. The number of carbonyl (C=O) groups is 1.